The molecule has 1 aliphatic rings. The molecule has 0 amide bonds. The van der Waals surface area contributed by atoms with E-state index in [0.29, 0.717) is 12.0 Å². The molecule has 1 fully saturated rings. The van der Waals surface area contributed by atoms with Crippen molar-refractivity contribution in [3.05, 3.63) is 22.4 Å². The Kier molecular flexibility index (Phi) is 6.86. The Bertz CT molecular complexity index is 423. The summed E-state index contributed by atoms with van der Waals surface area (Å²) in [6, 6.07) is 2.54. The highest BCUT2D eigenvalue weighted by Gasteiger charge is 2.19. The number of thiophene rings is 1. The summed E-state index contributed by atoms with van der Waals surface area (Å²) in [5, 5.41) is 4.37. The zero-order chi connectivity index (χ0) is 15.1. The first-order chi connectivity index (χ1) is 10.3. The van der Waals surface area contributed by atoms with Gasteiger partial charge in [-0.1, -0.05) is 13.8 Å². The van der Waals surface area contributed by atoms with Crippen LogP contribution in [0.5, 0.6) is 0 Å². The SMILES string of the molecule is CCN(CC)C(CN=C(N)N1CCSCC1)c1ccsc1. The van der Waals surface area contributed by atoms with Crippen molar-refractivity contribution in [3.8, 4) is 0 Å². The van der Waals surface area contributed by atoms with Crippen LogP contribution in [0, 0.1) is 0 Å². The van der Waals surface area contributed by atoms with E-state index >= 15 is 0 Å². The van der Waals surface area contributed by atoms with Gasteiger partial charge in [0.25, 0.3) is 0 Å². The first-order valence-corrected chi connectivity index (χ1v) is 9.74. The van der Waals surface area contributed by atoms with Gasteiger partial charge >= 0.3 is 0 Å². The third-order valence-electron chi connectivity index (χ3n) is 3.94. The van der Waals surface area contributed by atoms with Gasteiger partial charge in [-0.05, 0) is 35.5 Å². The third kappa shape index (κ3) is 4.63. The molecule has 118 valence electrons. The quantitative estimate of drug-likeness (QED) is 0.644. The lowest BCUT2D eigenvalue weighted by molar-refractivity contribution is 0.224. The molecule has 2 N–H and O–H groups in total. The minimum absolute atomic E-state index is 0.337. The molecule has 1 aromatic rings. The van der Waals surface area contributed by atoms with Crippen LogP contribution < -0.4 is 5.73 Å². The predicted octanol–water partition coefficient (Wildman–Crippen LogP) is 2.49. The maximum absolute atomic E-state index is 6.18. The maximum Gasteiger partial charge on any atom is 0.191 e. The van der Waals surface area contributed by atoms with E-state index in [1.165, 1.54) is 5.56 Å². The van der Waals surface area contributed by atoms with Crippen LogP contribution in [0.3, 0.4) is 0 Å². The van der Waals surface area contributed by atoms with Crippen LogP contribution in [0.2, 0.25) is 0 Å². The van der Waals surface area contributed by atoms with Crippen LogP contribution in [0.15, 0.2) is 21.8 Å². The van der Waals surface area contributed by atoms with Crippen molar-refractivity contribution in [2.24, 2.45) is 10.7 Å². The largest absolute Gasteiger partial charge is 0.370 e. The Labute approximate surface area is 136 Å². The van der Waals surface area contributed by atoms with Gasteiger partial charge in [0.15, 0.2) is 5.96 Å². The lowest BCUT2D eigenvalue weighted by Crippen LogP contribution is -2.43. The highest BCUT2D eigenvalue weighted by atomic mass is 32.2. The number of hydrogen-bond donors (Lipinski definition) is 1. The molecular formula is C15H26N4S2. The van der Waals surface area contributed by atoms with Crippen LogP contribution >= 0.6 is 23.1 Å². The lowest BCUT2D eigenvalue weighted by atomic mass is 10.1. The number of hydrogen-bond acceptors (Lipinski definition) is 4. The molecule has 1 aromatic heterocycles. The summed E-state index contributed by atoms with van der Waals surface area (Å²) in [5.41, 5.74) is 7.54. The normalized spacial score (nSPS) is 18.2. The molecule has 1 saturated heterocycles. The maximum atomic E-state index is 6.18. The van der Waals surface area contributed by atoms with Gasteiger partial charge in [-0.15, -0.1) is 0 Å². The van der Waals surface area contributed by atoms with Gasteiger partial charge in [-0.3, -0.25) is 9.89 Å². The summed E-state index contributed by atoms with van der Waals surface area (Å²) in [6.07, 6.45) is 0. The first-order valence-electron chi connectivity index (χ1n) is 7.65. The van der Waals surface area contributed by atoms with Gasteiger partial charge in [-0.2, -0.15) is 23.1 Å². The van der Waals surface area contributed by atoms with Crippen molar-refractivity contribution in [2.75, 3.05) is 44.2 Å². The number of rotatable bonds is 6. The molecule has 0 radical (unpaired) electrons. The van der Waals surface area contributed by atoms with E-state index in [4.69, 9.17) is 10.7 Å². The van der Waals surface area contributed by atoms with Crippen molar-refractivity contribution in [2.45, 2.75) is 19.9 Å². The molecule has 1 unspecified atom stereocenters. The molecule has 1 atom stereocenters. The molecule has 2 rings (SSSR count). The smallest absolute Gasteiger partial charge is 0.191 e. The Morgan fingerprint density at radius 1 is 1.38 bits per heavy atom. The average molecular weight is 327 g/mol. The van der Waals surface area contributed by atoms with Crippen molar-refractivity contribution in [1.82, 2.24) is 9.80 Å². The van der Waals surface area contributed by atoms with Gasteiger partial charge < -0.3 is 10.6 Å². The molecule has 0 bridgehead atoms. The Balaban J connectivity index is 2.04. The number of guanidine groups is 1. The fraction of sp³-hybridized carbons (Fsp3) is 0.667. The van der Waals surface area contributed by atoms with Crippen LogP contribution in [0.25, 0.3) is 0 Å². The average Bonchev–Trinajstić information content (AvgIpc) is 3.06. The lowest BCUT2D eigenvalue weighted by Gasteiger charge is -2.30. The van der Waals surface area contributed by atoms with Gasteiger partial charge in [0.2, 0.25) is 0 Å². The summed E-state index contributed by atoms with van der Waals surface area (Å²) in [5.74, 6) is 3.02. The fourth-order valence-electron chi connectivity index (χ4n) is 2.63. The summed E-state index contributed by atoms with van der Waals surface area (Å²) in [6.45, 7) is 9.27. The van der Waals surface area contributed by atoms with Gasteiger partial charge in [0, 0.05) is 24.6 Å². The van der Waals surface area contributed by atoms with Crippen LogP contribution in [-0.4, -0.2) is 60.0 Å². The highest BCUT2D eigenvalue weighted by molar-refractivity contribution is 7.99. The molecule has 0 saturated carbocycles. The summed E-state index contributed by atoms with van der Waals surface area (Å²) >= 11 is 3.74. The minimum atomic E-state index is 0.337. The van der Waals surface area contributed by atoms with E-state index < -0.39 is 0 Å². The molecule has 4 nitrogen and oxygen atoms in total. The number of nitrogens with zero attached hydrogens (tertiary/aromatic N) is 3. The monoisotopic (exact) mass is 326 g/mol. The van der Waals surface area contributed by atoms with Gasteiger partial charge in [0.1, 0.15) is 0 Å². The molecule has 2 heterocycles. The Morgan fingerprint density at radius 3 is 2.67 bits per heavy atom. The second-order valence-electron chi connectivity index (χ2n) is 5.09. The molecule has 0 aromatic carbocycles. The fourth-order valence-corrected chi connectivity index (χ4v) is 4.24. The number of thioether (sulfide) groups is 1. The predicted molar refractivity (Wildman–Crippen MR) is 95.4 cm³/mol. The second-order valence-corrected chi connectivity index (χ2v) is 7.10. The van der Waals surface area contributed by atoms with Crippen molar-refractivity contribution in [3.63, 3.8) is 0 Å². The van der Waals surface area contributed by atoms with E-state index in [1.807, 2.05) is 11.8 Å². The van der Waals surface area contributed by atoms with E-state index in [2.05, 4.69) is 40.5 Å². The van der Waals surface area contributed by atoms with Gasteiger partial charge in [0.05, 0.1) is 12.6 Å². The number of aliphatic imine (C=N–C) groups is 1. The van der Waals surface area contributed by atoms with Gasteiger partial charge in [-0.25, -0.2) is 0 Å². The van der Waals surface area contributed by atoms with E-state index in [1.54, 1.807) is 11.3 Å². The van der Waals surface area contributed by atoms with Crippen molar-refractivity contribution >= 4 is 29.1 Å². The van der Waals surface area contributed by atoms with Crippen LogP contribution in [0.4, 0.5) is 0 Å². The molecule has 21 heavy (non-hydrogen) atoms. The van der Waals surface area contributed by atoms with Crippen molar-refractivity contribution < 1.29 is 0 Å². The Hall–Kier alpha value is -0.720. The zero-order valence-electron chi connectivity index (χ0n) is 13.0. The van der Waals surface area contributed by atoms with E-state index in [0.717, 1.165) is 44.2 Å². The molecule has 0 aliphatic carbocycles. The molecule has 6 heteroatoms. The summed E-state index contributed by atoms with van der Waals surface area (Å²) in [4.78, 5) is 9.36. The molecule has 1 aliphatic heterocycles. The van der Waals surface area contributed by atoms with Crippen molar-refractivity contribution in [1.29, 1.82) is 0 Å². The zero-order valence-corrected chi connectivity index (χ0v) is 14.6. The van der Waals surface area contributed by atoms with Crippen LogP contribution in [-0.2, 0) is 0 Å². The van der Waals surface area contributed by atoms with E-state index in [-0.39, 0.29) is 0 Å². The topological polar surface area (TPSA) is 44.9 Å². The second kappa shape index (κ2) is 8.66. The highest BCUT2D eigenvalue weighted by Crippen LogP contribution is 2.23. The molecular weight excluding hydrogens is 300 g/mol. The molecule has 0 spiro atoms. The first kappa shape index (κ1) is 16.6. The number of likely N-dealkylation sites (N-methyl/N-ethyl adjacent to an activating group) is 1. The summed E-state index contributed by atoms with van der Waals surface area (Å²) < 4.78 is 0. The third-order valence-corrected chi connectivity index (χ3v) is 5.59. The van der Waals surface area contributed by atoms with Crippen LogP contribution in [0.1, 0.15) is 25.5 Å². The standard InChI is InChI=1S/C15H26N4S2/c1-3-18(4-2)14(13-5-8-21-12-13)11-17-15(16)19-6-9-20-10-7-19/h5,8,12,14H,3-4,6-7,9-11H2,1-2H3,(H2,16,17). The Morgan fingerprint density at radius 2 is 2.10 bits per heavy atom. The number of nitrogens with two attached hydrogens (primary N) is 1. The summed E-state index contributed by atoms with van der Waals surface area (Å²) in [7, 11) is 0. The minimum Gasteiger partial charge on any atom is -0.370 e. The van der Waals surface area contributed by atoms with E-state index in [9.17, 15) is 0 Å².